The van der Waals surface area contributed by atoms with E-state index in [1.165, 1.54) is 11.1 Å². The third kappa shape index (κ3) is 5.85. The number of carbonyl (C=O) groups is 1. The van der Waals surface area contributed by atoms with Crippen molar-refractivity contribution in [1.82, 2.24) is 4.90 Å². The lowest BCUT2D eigenvalue weighted by atomic mass is 9.87. The SMILES string of the molecule is CC[C@H](Oc1ccc(C(C)(C)C)cc1)C(=O)N1CCC(Cc2ccccc2)CC1. The number of hydrogen-bond donors (Lipinski definition) is 0. The number of rotatable bonds is 6. The molecule has 0 N–H and O–H groups in total. The van der Waals surface area contributed by atoms with Crippen molar-refractivity contribution >= 4 is 5.91 Å². The largest absolute Gasteiger partial charge is 0.481 e. The van der Waals surface area contributed by atoms with Gasteiger partial charge in [0, 0.05) is 13.1 Å². The quantitative estimate of drug-likeness (QED) is 0.637. The minimum Gasteiger partial charge on any atom is -0.481 e. The molecule has 1 aliphatic heterocycles. The molecular formula is C26H35NO2. The monoisotopic (exact) mass is 393 g/mol. The summed E-state index contributed by atoms with van der Waals surface area (Å²) in [6, 6.07) is 18.8. The number of amides is 1. The number of nitrogens with zero attached hydrogens (tertiary/aromatic N) is 1. The molecule has 0 radical (unpaired) electrons. The lowest BCUT2D eigenvalue weighted by molar-refractivity contribution is -0.140. The van der Waals surface area contributed by atoms with Crippen LogP contribution in [0.3, 0.4) is 0 Å². The highest BCUT2D eigenvalue weighted by Gasteiger charge is 2.28. The molecule has 1 atom stereocenters. The highest BCUT2D eigenvalue weighted by Crippen LogP contribution is 2.26. The van der Waals surface area contributed by atoms with Crippen molar-refractivity contribution in [2.45, 2.75) is 64.9 Å². The van der Waals surface area contributed by atoms with Gasteiger partial charge in [-0.25, -0.2) is 0 Å². The lowest BCUT2D eigenvalue weighted by Gasteiger charge is -2.34. The summed E-state index contributed by atoms with van der Waals surface area (Å²) in [7, 11) is 0. The molecule has 1 saturated heterocycles. The van der Waals surface area contributed by atoms with Crippen molar-refractivity contribution in [3.05, 3.63) is 65.7 Å². The van der Waals surface area contributed by atoms with E-state index in [0.717, 1.165) is 38.1 Å². The van der Waals surface area contributed by atoms with Crippen molar-refractivity contribution < 1.29 is 9.53 Å². The Kier molecular flexibility index (Phi) is 7.00. The van der Waals surface area contributed by atoms with Crippen LogP contribution in [0, 0.1) is 5.92 Å². The fraction of sp³-hybridized carbons (Fsp3) is 0.500. The molecular weight excluding hydrogens is 358 g/mol. The summed E-state index contributed by atoms with van der Waals surface area (Å²) in [4.78, 5) is 15.0. The van der Waals surface area contributed by atoms with Crippen LogP contribution in [0.1, 0.15) is 58.1 Å². The molecule has 3 rings (SSSR count). The molecule has 3 nitrogen and oxygen atoms in total. The smallest absolute Gasteiger partial charge is 0.263 e. The molecule has 0 aliphatic carbocycles. The second-order valence-corrected chi connectivity index (χ2v) is 9.25. The normalized spacial score (nSPS) is 16.5. The van der Waals surface area contributed by atoms with Crippen LogP contribution >= 0.6 is 0 Å². The number of carbonyl (C=O) groups excluding carboxylic acids is 1. The van der Waals surface area contributed by atoms with Gasteiger partial charge < -0.3 is 9.64 Å². The third-order valence-corrected chi connectivity index (χ3v) is 5.94. The highest BCUT2D eigenvalue weighted by atomic mass is 16.5. The fourth-order valence-corrected chi connectivity index (χ4v) is 4.01. The van der Waals surface area contributed by atoms with Crippen LogP contribution in [0.4, 0.5) is 0 Å². The van der Waals surface area contributed by atoms with Gasteiger partial charge in [0.25, 0.3) is 5.91 Å². The standard InChI is InChI=1S/C26H35NO2/c1-5-24(29-23-13-11-22(12-14-23)26(2,3)4)25(28)27-17-15-21(16-18-27)19-20-9-7-6-8-10-20/h6-14,21,24H,5,15-19H2,1-4H3/t24-/m0/s1. The van der Waals surface area contributed by atoms with Gasteiger partial charge in [-0.15, -0.1) is 0 Å². The van der Waals surface area contributed by atoms with E-state index in [1.54, 1.807) is 0 Å². The van der Waals surface area contributed by atoms with Crippen LogP contribution < -0.4 is 4.74 Å². The van der Waals surface area contributed by atoms with Gasteiger partial charge in [-0.3, -0.25) is 4.79 Å². The van der Waals surface area contributed by atoms with E-state index in [-0.39, 0.29) is 11.3 Å². The van der Waals surface area contributed by atoms with Gasteiger partial charge in [-0.05, 0) is 60.3 Å². The van der Waals surface area contributed by atoms with Gasteiger partial charge in [-0.2, -0.15) is 0 Å². The Morgan fingerprint density at radius 2 is 1.66 bits per heavy atom. The van der Waals surface area contributed by atoms with Crippen molar-refractivity contribution in [3.63, 3.8) is 0 Å². The van der Waals surface area contributed by atoms with Crippen LogP contribution in [0.2, 0.25) is 0 Å². The topological polar surface area (TPSA) is 29.5 Å². The second-order valence-electron chi connectivity index (χ2n) is 9.25. The molecule has 0 spiro atoms. The molecule has 0 saturated carbocycles. The molecule has 1 heterocycles. The Bertz CT molecular complexity index is 769. The Labute approximate surface area is 176 Å². The summed E-state index contributed by atoms with van der Waals surface area (Å²) in [6.07, 6.45) is 3.52. The van der Waals surface area contributed by atoms with E-state index in [2.05, 4.69) is 63.2 Å². The summed E-state index contributed by atoms with van der Waals surface area (Å²) >= 11 is 0. The van der Waals surface area contributed by atoms with E-state index in [1.807, 2.05) is 24.0 Å². The number of piperidine rings is 1. The van der Waals surface area contributed by atoms with Crippen molar-refractivity contribution in [2.24, 2.45) is 5.92 Å². The average Bonchev–Trinajstić information content (AvgIpc) is 2.72. The van der Waals surface area contributed by atoms with Gasteiger partial charge in [0.1, 0.15) is 5.75 Å². The maximum atomic E-state index is 13.0. The summed E-state index contributed by atoms with van der Waals surface area (Å²) in [5.74, 6) is 1.56. The summed E-state index contributed by atoms with van der Waals surface area (Å²) in [5.41, 5.74) is 2.78. The Balaban J connectivity index is 1.53. The molecule has 3 heteroatoms. The van der Waals surface area contributed by atoms with Crippen LogP contribution in [0.5, 0.6) is 5.75 Å². The van der Waals surface area contributed by atoms with Gasteiger partial charge >= 0.3 is 0 Å². The molecule has 0 aromatic heterocycles. The Hall–Kier alpha value is -2.29. The average molecular weight is 394 g/mol. The predicted octanol–water partition coefficient (Wildman–Crippen LogP) is 5.62. The van der Waals surface area contributed by atoms with Crippen molar-refractivity contribution in [3.8, 4) is 5.75 Å². The first-order valence-electron chi connectivity index (χ1n) is 11.0. The van der Waals surface area contributed by atoms with Crippen LogP contribution in [0.15, 0.2) is 54.6 Å². The molecule has 1 aliphatic rings. The number of ether oxygens (including phenoxy) is 1. The maximum absolute atomic E-state index is 13.0. The zero-order valence-corrected chi connectivity index (χ0v) is 18.4. The molecule has 0 unspecified atom stereocenters. The second kappa shape index (κ2) is 9.47. The van der Waals surface area contributed by atoms with Crippen molar-refractivity contribution in [2.75, 3.05) is 13.1 Å². The highest BCUT2D eigenvalue weighted by molar-refractivity contribution is 5.81. The summed E-state index contributed by atoms with van der Waals surface area (Å²) in [5, 5.41) is 0. The van der Waals surface area contributed by atoms with Crippen LogP contribution in [0.25, 0.3) is 0 Å². The van der Waals surface area contributed by atoms with Crippen LogP contribution in [-0.2, 0) is 16.6 Å². The fourth-order valence-electron chi connectivity index (χ4n) is 4.01. The molecule has 156 valence electrons. The maximum Gasteiger partial charge on any atom is 0.263 e. The molecule has 1 amide bonds. The lowest BCUT2D eigenvalue weighted by Crippen LogP contribution is -2.45. The first kappa shape index (κ1) is 21.4. The summed E-state index contributed by atoms with van der Waals surface area (Å²) < 4.78 is 6.08. The van der Waals surface area contributed by atoms with Gasteiger partial charge in [0.05, 0.1) is 0 Å². The molecule has 2 aromatic carbocycles. The first-order chi connectivity index (χ1) is 13.9. The van der Waals surface area contributed by atoms with E-state index in [9.17, 15) is 4.79 Å². The number of hydrogen-bond acceptors (Lipinski definition) is 2. The van der Waals surface area contributed by atoms with Gasteiger partial charge in [0.2, 0.25) is 0 Å². The Morgan fingerprint density at radius 3 is 2.21 bits per heavy atom. The first-order valence-corrected chi connectivity index (χ1v) is 11.0. The third-order valence-electron chi connectivity index (χ3n) is 5.94. The summed E-state index contributed by atoms with van der Waals surface area (Å²) in [6.45, 7) is 10.3. The van der Waals surface area contributed by atoms with Gasteiger partial charge in [-0.1, -0.05) is 70.2 Å². The van der Waals surface area contributed by atoms with E-state index < -0.39 is 6.10 Å². The number of likely N-dealkylation sites (tertiary alicyclic amines) is 1. The Morgan fingerprint density at radius 1 is 1.03 bits per heavy atom. The zero-order valence-electron chi connectivity index (χ0n) is 18.4. The van der Waals surface area contributed by atoms with E-state index in [4.69, 9.17) is 4.74 Å². The molecule has 1 fully saturated rings. The van der Waals surface area contributed by atoms with Gasteiger partial charge in [0.15, 0.2) is 6.10 Å². The molecule has 29 heavy (non-hydrogen) atoms. The number of benzene rings is 2. The van der Waals surface area contributed by atoms with Crippen molar-refractivity contribution in [1.29, 1.82) is 0 Å². The van der Waals surface area contributed by atoms with E-state index >= 15 is 0 Å². The molecule has 0 bridgehead atoms. The van der Waals surface area contributed by atoms with E-state index in [0.29, 0.717) is 12.3 Å². The minimum atomic E-state index is -0.402. The zero-order chi connectivity index (χ0) is 20.9. The van der Waals surface area contributed by atoms with Crippen LogP contribution in [-0.4, -0.2) is 30.0 Å². The minimum absolute atomic E-state index is 0.114. The predicted molar refractivity (Wildman–Crippen MR) is 119 cm³/mol. The molecule has 2 aromatic rings.